The van der Waals surface area contributed by atoms with Gasteiger partial charge in [0.05, 0.1) is 5.70 Å². The van der Waals surface area contributed by atoms with Gasteiger partial charge in [0.2, 0.25) is 0 Å². The van der Waals surface area contributed by atoms with Gasteiger partial charge in [0.15, 0.2) is 0 Å². The van der Waals surface area contributed by atoms with Crippen molar-refractivity contribution < 1.29 is 0 Å². The second-order valence-electron chi connectivity index (χ2n) is 9.22. The second kappa shape index (κ2) is 7.48. The molecule has 3 aliphatic rings. The highest BCUT2D eigenvalue weighted by Gasteiger charge is 2.25. The first-order valence-electron chi connectivity index (χ1n) is 11.4. The molecule has 0 bridgehead atoms. The van der Waals surface area contributed by atoms with Crippen LogP contribution in [0.25, 0.3) is 5.57 Å². The standard InChI is InChI=1S/C27H32N2/c1-17-13-18(2)26(19(3)14-17)27(25-16-21-10-7-8-12-23(21)29-25)24-15-20-9-5-4-6-11-22(20)28-24/h13-16,29H,4-12H2,1-3H3/b27-24+. The van der Waals surface area contributed by atoms with Crippen molar-refractivity contribution >= 4 is 11.3 Å². The number of aliphatic imine (C=N–C) groups is 1. The van der Waals surface area contributed by atoms with Crippen molar-refractivity contribution in [2.24, 2.45) is 4.99 Å². The Hall–Kier alpha value is -2.35. The number of hydrogen-bond donors (Lipinski definition) is 1. The molecule has 150 valence electrons. The number of benzene rings is 1. The zero-order valence-corrected chi connectivity index (χ0v) is 18.1. The van der Waals surface area contributed by atoms with Crippen LogP contribution >= 0.6 is 0 Å². The predicted molar refractivity (Wildman–Crippen MR) is 123 cm³/mol. The lowest BCUT2D eigenvalue weighted by atomic mass is 9.90. The fourth-order valence-corrected chi connectivity index (χ4v) is 5.56. The highest BCUT2D eigenvalue weighted by Crippen LogP contribution is 2.38. The molecule has 0 unspecified atom stereocenters. The Morgan fingerprint density at radius 1 is 0.828 bits per heavy atom. The van der Waals surface area contributed by atoms with Crippen LogP contribution in [0.4, 0.5) is 0 Å². The van der Waals surface area contributed by atoms with Gasteiger partial charge in [-0.25, -0.2) is 0 Å². The van der Waals surface area contributed by atoms with Crippen LogP contribution in [0, 0.1) is 20.8 Å². The van der Waals surface area contributed by atoms with E-state index >= 15 is 0 Å². The van der Waals surface area contributed by atoms with Crippen LogP contribution in [0.15, 0.2) is 40.5 Å². The molecule has 0 amide bonds. The first-order valence-corrected chi connectivity index (χ1v) is 11.4. The van der Waals surface area contributed by atoms with E-state index in [1.54, 1.807) is 0 Å². The lowest BCUT2D eigenvalue weighted by Gasteiger charge is -2.16. The minimum atomic E-state index is 1.13. The lowest BCUT2D eigenvalue weighted by molar-refractivity contribution is 0.677. The van der Waals surface area contributed by atoms with E-state index in [2.05, 4.69) is 50.0 Å². The molecule has 0 radical (unpaired) electrons. The molecule has 2 nitrogen and oxygen atoms in total. The summed E-state index contributed by atoms with van der Waals surface area (Å²) in [4.78, 5) is 9.03. The number of H-pyrrole nitrogens is 1. The molecule has 0 spiro atoms. The Kier molecular flexibility index (Phi) is 4.81. The monoisotopic (exact) mass is 384 g/mol. The normalized spacial score (nSPS) is 20.5. The zero-order valence-electron chi connectivity index (χ0n) is 18.1. The van der Waals surface area contributed by atoms with Gasteiger partial charge in [0.25, 0.3) is 0 Å². The molecule has 0 atom stereocenters. The van der Waals surface area contributed by atoms with Crippen molar-refractivity contribution in [2.75, 3.05) is 0 Å². The molecule has 2 aliphatic carbocycles. The van der Waals surface area contributed by atoms with Crippen LogP contribution in [0.2, 0.25) is 0 Å². The summed E-state index contributed by atoms with van der Waals surface area (Å²) in [5.41, 5.74) is 14.9. The summed E-state index contributed by atoms with van der Waals surface area (Å²) in [6.07, 6.45) is 13.6. The molecule has 1 aliphatic heterocycles. The molecule has 1 aromatic heterocycles. The molecule has 0 saturated heterocycles. The maximum Gasteiger partial charge on any atom is 0.0735 e. The van der Waals surface area contributed by atoms with Gasteiger partial charge in [-0.2, -0.15) is 0 Å². The average molecular weight is 385 g/mol. The van der Waals surface area contributed by atoms with E-state index in [-0.39, 0.29) is 0 Å². The van der Waals surface area contributed by atoms with Crippen molar-refractivity contribution in [3.8, 4) is 0 Å². The van der Waals surface area contributed by atoms with E-state index in [4.69, 9.17) is 4.99 Å². The predicted octanol–water partition coefficient (Wildman–Crippen LogP) is 6.92. The van der Waals surface area contributed by atoms with Gasteiger partial charge in [-0.3, -0.25) is 4.99 Å². The van der Waals surface area contributed by atoms with Crippen LogP contribution in [0.3, 0.4) is 0 Å². The number of nitrogens with zero attached hydrogens (tertiary/aromatic N) is 1. The van der Waals surface area contributed by atoms with Gasteiger partial charge >= 0.3 is 0 Å². The number of fused-ring (bicyclic) bond motifs is 2. The quantitative estimate of drug-likeness (QED) is 0.582. The molecular weight excluding hydrogens is 352 g/mol. The Balaban J connectivity index is 1.73. The summed E-state index contributed by atoms with van der Waals surface area (Å²) in [6, 6.07) is 7.06. The molecule has 2 heteroatoms. The third kappa shape index (κ3) is 3.43. The molecule has 29 heavy (non-hydrogen) atoms. The van der Waals surface area contributed by atoms with Crippen molar-refractivity contribution in [2.45, 2.75) is 78.6 Å². The van der Waals surface area contributed by atoms with Gasteiger partial charge in [-0.05, 0) is 112 Å². The smallest absolute Gasteiger partial charge is 0.0735 e. The summed E-state index contributed by atoms with van der Waals surface area (Å²) >= 11 is 0. The van der Waals surface area contributed by atoms with E-state index in [9.17, 15) is 0 Å². The molecule has 5 rings (SSSR count). The topological polar surface area (TPSA) is 28.1 Å². The zero-order chi connectivity index (χ0) is 20.0. The number of aromatic nitrogens is 1. The van der Waals surface area contributed by atoms with Crippen LogP contribution in [0.5, 0.6) is 0 Å². The number of rotatable bonds is 2. The number of hydrogen-bond acceptors (Lipinski definition) is 1. The van der Waals surface area contributed by atoms with Gasteiger partial charge in [-0.15, -0.1) is 0 Å². The first kappa shape index (κ1) is 18.7. The van der Waals surface area contributed by atoms with E-state index in [1.165, 1.54) is 113 Å². The lowest BCUT2D eigenvalue weighted by Crippen LogP contribution is -2.00. The Morgan fingerprint density at radius 2 is 1.55 bits per heavy atom. The fraction of sp³-hybridized carbons (Fsp3) is 0.444. The summed E-state index contributed by atoms with van der Waals surface area (Å²) < 4.78 is 0. The highest BCUT2D eigenvalue weighted by molar-refractivity contribution is 6.05. The van der Waals surface area contributed by atoms with Crippen LogP contribution in [-0.4, -0.2) is 10.7 Å². The van der Waals surface area contributed by atoms with Gasteiger partial charge in [0.1, 0.15) is 0 Å². The number of nitrogens with one attached hydrogen (secondary N) is 1. The van der Waals surface area contributed by atoms with E-state index < -0.39 is 0 Å². The average Bonchev–Trinajstić information content (AvgIpc) is 3.22. The van der Waals surface area contributed by atoms with Crippen LogP contribution in [0.1, 0.15) is 84.2 Å². The maximum atomic E-state index is 5.22. The molecule has 1 fully saturated rings. The summed E-state index contributed by atoms with van der Waals surface area (Å²) in [7, 11) is 0. The summed E-state index contributed by atoms with van der Waals surface area (Å²) in [6.45, 7) is 6.71. The minimum Gasteiger partial charge on any atom is -0.358 e. The fourth-order valence-electron chi connectivity index (χ4n) is 5.56. The minimum absolute atomic E-state index is 1.13. The van der Waals surface area contributed by atoms with E-state index in [1.807, 2.05) is 0 Å². The van der Waals surface area contributed by atoms with Crippen molar-refractivity contribution in [3.05, 3.63) is 74.8 Å². The van der Waals surface area contributed by atoms with E-state index in [0.29, 0.717) is 0 Å². The van der Waals surface area contributed by atoms with Crippen LogP contribution in [-0.2, 0) is 12.8 Å². The number of allylic oxidation sites excluding steroid dienone is 2. The Labute approximate surface area is 174 Å². The molecule has 2 heterocycles. The number of aromatic amines is 1. The van der Waals surface area contributed by atoms with Crippen molar-refractivity contribution in [1.82, 2.24) is 4.98 Å². The summed E-state index contributed by atoms with van der Waals surface area (Å²) in [5, 5.41) is 0. The molecule has 1 aromatic carbocycles. The van der Waals surface area contributed by atoms with Crippen molar-refractivity contribution in [3.63, 3.8) is 0 Å². The Bertz CT molecular complexity index is 988. The van der Waals surface area contributed by atoms with Gasteiger partial charge in [0, 0.05) is 22.7 Å². The molecular formula is C27H32N2. The molecule has 1 saturated carbocycles. The third-order valence-electron chi connectivity index (χ3n) is 6.86. The van der Waals surface area contributed by atoms with Gasteiger partial charge in [-0.1, -0.05) is 24.1 Å². The maximum absolute atomic E-state index is 5.22. The highest BCUT2D eigenvalue weighted by atomic mass is 14.8. The SMILES string of the molecule is Cc1cc(C)c(/C(=C2\C=C3CCCCCC3=N2)c2cc3c([nH]2)CCCC3)c(C)c1. The molecule has 2 aromatic rings. The number of aryl methyl sites for hydroxylation is 5. The summed E-state index contributed by atoms with van der Waals surface area (Å²) in [5.74, 6) is 0. The van der Waals surface area contributed by atoms with Crippen LogP contribution < -0.4 is 0 Å². The molecule has 1 N–H and O–H groups in total. The van der Waals surface area contributed by atoms with Crippen molar-refractivity contribution in [1.29, 1.82) is 0 Å². The van der Waals surface area contributed by atoms with Gasteiger partial charge < -0.3 is 4.98 Å². The third-order valence-corrected chi connectivity index (χ3v) is 6.86. The first-order chi connectivity index (χ1) is 14.1. The Morgan fingerprint density at radius 3 is 2.34 bits per heavy atom. The largest absolute Gasteiger partial charge is 0.358 e. The second-order valence-corrected chi connectivity index (χ2v) is 9.22. The van der Waals surface area contributed by atoms with E-state index in [0.717, 1.165) is 6.42 Å².